The largest absolute Gasteiger partial charge is 0.497 e. The molecule has 0 spiro atoms. The van der Waals surface area contributed by atoms with E-state index in [9.17, 15) is 23.1 Å². The van der Waals surface area contributed by atoms with E-state index in [1.807, 2.05) is 4.90 Å². The molecule has 0 bridgehead atoms. The number of methoxy groups -OCH3 is 1. The van der Waals surface area contributed by atoms with E-state index in [-0.39, 0.29) is 43.0 Å². The molecule has 3 atom stereocenters. The van der Waals surface area contributed by atoms with Gasteiger partial charge in [-0.15, -0.1) is 0 Å². The number of aromatic nitrogens is 1. The van der Waals surface area contributed by atoms with Crippen LogP contribution in [-0.4, -0.2) is 47.7 Å². The van der Waals surface area contributed by atoms with Crippen LogP contribution in [0.4, 0.5) is 17.6 Å². The van der Waals surface area contributed by atoms with Crippen molar-refractivity contribution >= 4 is 16.9 Å². The number of hydrogen-bond acceptors (Lipinski definition) is 4. The molecule has 0 unspecified atom stereocenters. The smallest absolute Gasteiger partial charge is 0.308 e. The molecule has 3 aromatic rings. The van der Waals surface area contributed by atoms with E-state index >= 15 is 4.39 Å². The highest BCUT2D eigenvalue weighted by Crippen LogP contribution is 2.36. The Bertz CT molecular complexity index is 1330. The van der Waals surface area contributed by atoms with Crippen LogP contribution in [0.5, 0.6) is 5.75 Å². The molecule has 1 fully saturated rings. The van der Waals surface area contributed by atoms with Crippen molar-refractivity contribution in [2.24, 2.45) is 11.8 Å². The Labute approximate surface area is 212 Å². The Morgan fingerprint density at radius 3 is 2.68 bits per heavy atom. The van der Waals surface area contributed by atoms with Crippen molar-refractivity contribution in [3.8, 4) is 17.6 Å². The molecule has 9 heteroatoms. The molecule has 37 heavy (non-hydrogen) atoms. The van der Waals surface area contributed by atoms with Crippen molar-refractivity contribution in [1.29, 1.82) is 0 Å². The van der Waals surface area contributed by atoms with E-state index in [0.717, 1.165) is 24.4 Å². The van der Waals surface area contributed by atoms with Crippen molar-refractivity contribution in [3.05, 3.63) is 71.2 Å². The molecule has 1 saturated heterocycles. The molecular formula is C28H26F4N2O3. The summed E-state index contributed by atoms with van der Waals surface area (Å²) in [7, 11) is 1.46. The lowest BCUT2D eigenvalue weighted by molar-refractivity contribution is -0.146. The molecule has 194 valence electrons. The van der Waals surface area contributed by atoms with Crippen LogP contribution in [0.25, 0.3) is 10.9 Å². The zero-order chi connectivity index (χ0) is 26.5. The first kappa shape index (κ1) is 26.4. The van der Waals surface area contributed by atoms with Crippen LogP contribution < -0.4 is 4.74 Å². The molecule has 0 amide bonds. The first-order chi connectivity index (χ1) is 17.7. The molecule has 0 radical (unpaired) electrons. The number of carbonyl (C=O) groups is 1. The van der Waals surface area contributed by atoms with Gasteiger partial charge in [-0.1, -0.05) is 11.8 Å². The fourth-order valence-electron chi connectivity index (χ4n) is 4.83. The van der Waals surface area contributed by atoms with Gasteiger partial charge >= 0.3 is 5.97 Å². The van der Waals surface area contributed by atoms with Crippen LogP contribution >= 0.6 is 0 Å². The van der Waals surface area contributed by atoms with E-state index in [4.69, 9.17) is 4.74 Å². The van der Waals surface area contributed by atoms with Gasteiger partial charge in [0.2, 0.25) is 0 Å². The predicted octanol–water partition coefficient (Wildman–Crippen LogP) is 5.53. The second-order valence-electron chi connectivity index (χ2n) is 9.14. The highest BCUT2D eigenvalue weighted by atomic mass is 19.1. The Kier molecular flexibility index (Phi) is 8.29. The third kappa shape index (κ3) is 6.38. The fourth-order valence-corrected chi connectivity index (χ4v) is 4.83. The number of fused-ring (bicyclic) bond motifs is 1. The van der Waals surface area contributed by atoms with Crippen LogP contribution in [-0.2, 0) is 4.79 Å². The van der Waals surface area contributed by atoms with Crippen LogP contribution in [0.2, 0.25) is 0 Å². The summed E-state index contributed by atoms with van der Waals surface area (Å²) in [6, 6.07) is 7.86. The molecule has 1 N–H and O–H groups in total. The normalized spacial score (nSPS) is 18.7. The molecule has 4 rings (SSSR count). The average Bonchev–Trinajstić information content (AvgIpc) is 2.86. The summed E-state index contributed by atoms with van der Waals surface area (Å²) in [5.74, 6) is 1.77. The number of alkyl halides is 1. The number of hydrogen-bond donors (Lipinski definition) is 1. The van der Waals surface area contributed by atoms with E-state index < -0.39 is 35.5 Å². The van der Waals surface area contributed by atoms with E-state index in [1.165, 1.54) is 7.11 Å². The van der Waals surface area contributed by atoms with Gasteiger partial charge in [0, 0.05) is 29.1 Å². The number of aliphatic carboxylic acids is 1. The summed E-state index contributed by atoms with van der Waals surface area (Å²) in [4.78, 5) is 17.8. The van der Waals surface area contributed by atoms with Crippen molar-refractivity contribution in [1.82, 2.24) is 9.88 Å². The summed E-state index contributed by atoms with van der Waals surface area (Å²) >= 11 is 0. The summed E-state index contributed by atoms with van der Waals surface area (Å²) in [6.45, 7) is 0.991. The molecular weight excluding hydrogens is 488 g/mol. The van der Waals surface area contributed by atoms with Crippen molar-refractivity contribution in [3.63, 3.8) is 0 Å². The summed E-state index contributed by atoms with van der Waals surface area (Å²) in [5, 5.41) is 10.1. The molecule has 1 aliphatic rings. The number of pyridine rings is 1. The van der Waals surface area contributed by atoms with Crippen LogP contribution in [0.15, 0.2) is 42.6 Å². The highest BCUT2D eigenvalue weighted by molar-refractivity contribution is 5.84. The first-order valence-electron chi connectivity index (χ1n) is 11.9. The summed E-state index contributed by atoms with van der Waals surface area (Å²) in [5.41, 5.74) is 0.542. The Morgan fingerprint density at radius 1 is 1.22 bits per heavy atom. The maximum absolute atomic E-state index is 15.4. The van der Waals surface area contributed by atoms with Gasteiger partial charge in [-0.25, -0.2) is 17.6 Å². The van der Waals surface area contributed by atoms with Gasteiger partial charge in [0.25, 0.3) is 0 Å². The maximum atomic E-state index is 15.4. The second-order valence-corrected chi connectivity index (χ2v) is 9.14. The molecule has 1 aromatic heterocycles. The monoisotopic (exact) mass is 514 g/mol. The Morgan fingerprint density at radius 2 is 1.97 bits per heavy atom. The number of benzene rings is 2. The lowest BCUT2D eigenvalue weighted by Gasteiger charge is -2.35. The predicted molar refractivity (Wildman–Crippen MR) is 130 cm³/mol. The van der Waals surface area contributed by atoms with Crippen molar-refractivity contribution < 1.29 is 32.2 Å². The molecule has 1 aliphatic heterocycles. The topological polar surface area (TPSA) is 62.7 Å². The molecule has 5 nitrogen and oxygen atoms in total. The molecule has 0 aliphatic carbocycles. The van der Waals surface area contributed by atoms with Gasteiger partial charge in [0.05, 0.1) is 31.3 Å². The van der Waals surface area contributed by atoms with Gasteiger partial charge in [-0.05, 0) is 62.1 Å². The van der Waals surface area contributed by atoms with Gasteiger partial charge < -0.3 is 9.84 Å². The van der Waals surface area contributed by atoms with E-state index in [2.05, 4.69) is 16.8 Å². The van der Waals surface area contributed by atoms with E-state index in [0.29, 0.717) is 29.6 Å². The van der Waals surface area contributed by atoms with Crippen molar-refractivity contribution in [2.45, 2.75) is 25.4 Å². The number of halogens is 4. The number of ether oxygens (including phenoxy) is 1. The molecule has 2 aromatic carbocycles. The fraction of sp³-hybridized carbons (Fsp3) is 0.357. The quantitative estimate of drug-likeness (QED) is 0.332. The first-order valence-corrected chi connectivity index (χ1v) is 11.9. The number of likely N-dealkylation sites (tertiary alicyclic amines) is 1. The lowest BCUT2D eigenvalue weighted by atomic mass is 9.81. The minimum atomic E-state index is -1.64. The lowest BCUT2D eigenvalue weighted by Crippen LogP contribution is -2.44. The van der Waals surface area contributed by atoms with Crippen LogP contribution in [0.3, 0.4) is 0 Å². The Hall–Kier alpha value is -3.64. The second kappa shape index (κ2) is 11.6. The third-order valence-corrected chi connectivity index (χ3v) is 6.73. The number of carboxylic acid groups (broad SMARTS) is 1. The van der Waals surface area contributed by atoms with Gasteiger partial charge in [-0.2, -0.15) is 0 Å². The molecule has 0 saturated carbocycles. The zero-order valence-electron chi connectivity index (χ0n) is 20.2. The van der Waals surface area contributed by atoms with E-state index in [1.54, 1.807) is 18.2 Å². The number of carboxylic acids is 1. The highest BCUT2D eigenvalue weighted by Gasteiger charge is 2.34. The minimum Gasteiger partial charge on any atom is -0.497 e. The standard InChI is InChI=1S/C28H26F4N2O3/c1-37-21-5-7-26-22(14-21)27(25(32)15-33-26)24(31)6-4-18-8-10-34(16-23(18)28(35)36)9-2-3-17-11-19(29)13-20(30)12-17/h5,7,11-15,18,23-24H,4,6,8-10,16H2,1H3,(H,35,36)/t18-,23+,24-/m0/s1. The summed E-state index contributed by atoms with van der Waals surface area (Å²) < 4.78 is 61.8. The van der Waals surface area contributed by atoms with Crippen molar-refractivity contribution in [2.75, 3.05) is 26.7 Å². The maximum Gasteiger partial charge on any atom is 0.308 e. The van der Waals surface area contributed by atoms with Crippen LogP contribution in [0.1, 0.15) is 36.6 Å². The molecule has 2 heterocycles. The van der Waals surface area contributed by atoms with Gasteiger partial charge in [0.15, 0.2) is 0 Å². The minimum absolute atomic E-state index is 0.0351. The third-order valence-electron chi connectivity index (χ3n) is 6.73. The Balaban J connectivity index is 1.41. The summed E-state index contributed by atoms with van der Waals surface area (Å²) in [6.07, 6.45) is 0.102. The number of piperidine rings is 1. The van der Waals surface area contributed by atoms with Gasteiger partial charge in [-0.3, -0.25) is 14.7 Å². The average molecular weight is 515 g/mol. The number of rotatable bonds is 7. The van der Waals surface area contributed by atoms with Crippen LogP contribution in [0, 0.1) is 41.1 Å². The zero-order valence-corrected chi connectivity index (χ0v) is 20.2. The van der Waals surface area contributed by atoms with Gasteiger partial charge in [0.1, 0.15) is 29.4 Å². The number of nitrogens with zero attached hydrogens (tertiary/aromatic N) is 2. The SMILES string of the molecule is COc1ccc2ncc(F)c([C@@H](F)CC[C@H]3CCN(CC#Cc4cc(F)cc(F)c4)C[C@H]3C(=O)O)c2c1.